The number of hydrogen-bond donors (Lipinski definition) is 1. The van der Waals surface area contributed by atoms with Crippen molar-refractivity contribution in [3.05, 3.63) is 47.5 Å². The highest BCUT2D eigenvalue weighted by molar-refractivity contribution is 5.92. The molecule has 0 unspecified atom stereocenters. The van der Waals surface area contributed by atoms with Crippen molar-refractivity contribution in [3.63, 3.8) is 0 Å². The standard InChI is InChI=1S/C20H27NO3/c1-20(2,3)24-18(22)13-6-14-4-7-15(8-5-14)16-9-11-17(12-10-16)19(21)23/h6,9-15H,4-5,7-8H2,1-3H3,(H2,21,23). The van der Waals surface area contributed by atoms with Gasteiger partial charge in [-0.15, -0.1) is 0 Å². The first-order valence-corrected chi connectivity index (χ1v) is 8.55. The number of benzene rings is 1. The Balaban J connectivity index is 1.85. The van der Waals surface area contributed by atoms with E-state index in [-0.39, 0.29) is 5.97 Å². The summed E-state index contributed by atoms with van der Waals surface area (Å²) >= 11 is 0. The number of esters is 1. The van der Waals surface area contributed by atoms with Gasteiger partial charge in [0.05, 0.1) is 0 Å². The molecule has 4 nitrogen and oxygen atoms in total. The second-order valence-corrected chi connectivity index (χ2v) is 7.49. The lowest BCUT2D eigenvalue weighted by Crippen LogP contribution is -2.22. The van der Waals surface area contributed by atoms with E-state index in [4.69, 9.17) is 10.5 Å². The Kier molecular flexibility index (Phi) is 5.81. The fourth-order valence-electron chi connectivity index (χ4n) is 3.11. The number of carbonyl (C=O) groups excluding carboxylic acids is 2. The van der Waals surface area contributed by atoms with Crippen molar-refractivity contribution in [3.8, 4) is 0 Å². The van der Waals surface area contributed by atoms with E-state index < -0.39 is 11.5 Å². The van der Waals surface area contributed by atoms with Crippen molar-refractivity contribution in [1.82, 2.24) is 0 Å². The predicted octanol–water partition coefficient (Wildman–Crippen LogP) is 3.96. The van der Waals surface area contributed by atoms with Gasteiger partial charge in [-0.05, 0) is 76.0 Å². The molecular formula is C20H27NO3. The van der Waals surface area contributed by atoms with E-state index in [9.17, 15) is 9.59 Å². The molecule has 1 saturated carbocycles. The van der Waals surface area contributed by atoms with Gasteiger partial charge in [0.25, 0.3) is 0 Å². The van der Waals surface area contributed by atoms with Gasteiger partial charge >= 0.3 is 5.97 Å². The third kappa shape index (κ3) is 5.52. The molecule has 0 radical (unpaired) electrons. The Labute approximate surface area is 144 Å². The molecule has 1 fully saturated rings. The molecule has 0 bridgehead atoms. The van der Waals surface area contributed by atoms with E-state index in [1.807, 2.05) is 39.0 Å². The highest BCUT2D eigenvalue weighted by Crippen LogP contribution is 2.36. The van der Waals surface area contributed by atoms with Crippen LogP contribution in [0.3, 0.4) is 0 Å². The summed E-state index contributed by atoms with van der Waals surface area (Å²) in [7, 11) is 0. The molecule has 2 N–H and O–H groups in total. The maximum Gasteiger partial charge on any atom is 0.330 e. The first kappa shape index (κ1) is 18.2. The third-order valence-electron chi connectivity index (χ3n) is 4.35. The Bertz CT molecular complexity index is 603. The smallest absolute Gasteiger partial charge is 0.330 e. The lowest BCUT2D eigenvalue weighted by atomic mass is 9.78. The number of amides is 1. The summed E-state index contributed by atoms with van der Waals surface area (Å²) in [6, 6.07) is 7.60. The first-order chi connectivity index (χ1) is 11.2. The number of hydrogen-bond acceptors (Lipinski definition) is 3. The minimum Gasteiger partial charge on any atom is -0.457 e. The predicted molar refractivity (Wildman–Crippen MR) is 94.6 cm³/mol. The minimum atomic E-state index is -0.448. The molecule has 1 aromatic rings. The molecule has 0 spiro atoms. The normalized spacial score (nSPS) is 21.6. The van der Waals surface area contributed by atoms with Gasteiger partial charge in [0.15, 0.2) is 0 Å². The summed E-state index contributed by atoms with van der Waals surface area (Å²) in [5, 5.41) is 0. The van der Waals surface area contributed by atoms with Crippen LogP contribution in [0.25, 0.3) is 0 Å². The molecular weight excluding hydrogens is 302 g/mol. The Morgan fingerprint density at radius 2 is 1.67 bits per heavy atom. The second kappa shape index (κ2) is 7.65. The fraction of sp³-hybridized carbons (Fsp3) is 0.500. The Hall–Kier alpha value is -2.10. The van der Waals surface area contributed by atoms with Crippen molar-refractivity contribution in [2.75, 3.05) is 0 Å². The second-order valence-electron chi connectivity index (χ2n) is 7.49. The summed E-state index contributed by atoms with van der Waals surface area (Å²) in [6.07, 6.45) is 7.83. The maximum atomic E-state index is 11.7. The molecule has 0 atom stereocenters. The van der Waals surface area contributed by atoms with Crippen LogP contribution in [0.5, 0.6) is 0 Å². The highest BCUT2D eigenvalue weighted by Gasteiger charge is 2.21. The van der Waals surface area contributed by atoms with Crippen LogP contribution in [-0.4, -0.2) is 17.5 Å². The Morgan fingerprint density at radius 3 is 2.17 bits per heavy atom. The molecule has 0 aliphatic heterocycles. The molecule has 0 heterocycles. The summed E-state index contributed by atoms with van der Waals surface area (Å²) in [5.41, 5.74) is 6.63. The summed E-state index contributed by atoms with van der Waals surface area (Å²) in [5.74, 6) is 0.279. The van der Waals surface area contributed by atoms with Crippen molar-refractivity contribution in [2.24, 2.45) is 11.7 Å². The zero-order valence-corrected chi connectivity index (χ0v) is 14.7. The summed E-state index contributed by atoms with van der Waals surface area (Å²) in [4.78, 5) is 22.8. The van der Waals surface area contributed by atoms with Crippen LogP contribution >= 0.6 is 0 Å². The molecule has 1 aliphatic carbocycles. The SMILES string of the molecule is CC(C)(C)OC(=O)C=CC1CCC(c2ccc(C(N)=O)cc2)CC1. The van der Waals surface area contributed by atoms with Crippen molar-refractivity contribution >= 4 is 11.9 Å². The third-order valence-corrected chi connectivity index (χ3v) is 4.35. The largest absolute Gasteiger partial charge is 0.457 e. The topological polar surface area (TPSA) is 69.4 Å². The monoisotopic (exact) mass is 329 g/mol. The number of allylic oxidation sites excluding steroid dienone is 1. The van der Waals surface area contributed by atoms with Crippen LogP contribution in [0.2, 0.25) is 0 Å². The number of nitrogens with two attached hydrogens (primary N) is 1. The molecule has 4 heteroatoms. The fourth-order valence-corrected chi connectivity index (χ4v) is 3.11. The average Bonchev–Trinajstić information content (AvgIpc) is 2.52. The van der Waals surface area contributed by atoms with Crippen LogP contribution in [-0.2, 0) is 9.53 Å². The van der Waals surface area contributed by atoms with Crippen LogP contribution < -0.4 is 5.73 Å². The quantitative estimate of drug-likeness (QED) is 0.671. The van der Waals surface area contributed by atoms with Crippen LogP contribution in [0.4, 0.5) is 0 Å². The van der Waals surface area contributed by atoms with E-state index in [2.05, 4.69) is 0 Å². The molecule has 1 aliphatic rings. The zero-order chi connectivity index (χ0) is 17.7. The van der Waals surface area contributed by atoms with Gasteiger partial charge in [-0.2, -0.15) is 0 Å². The van der Waals surface area contributed by atoms with Crippen LogP contribution in [0, 0.1) is 5.92 Å². The molecule has 24 heavy (non-hydrogen) atoms. The van der Waals surface area contributed by atoms with E-state index in [0.29, 0.717) is 17.4 Å². The molecule has 0 saturated heterocycles. The van der Waals surface area contributed by atoms with Crippen LogP contribution in [0.1, 0.15) is 68.3 Å². The summed E-state index contributed by atoms with van der Waals surface area (Å²) in [6.45, 7) is 5.61. The zero-order valence-electron chi connectivity index (χ0n) is 14.7. The van der Waals surface area contributed by atoms with Gasteiger partial charge in [0.1, 0.15) is 5.60 Å². The first-order valence-electron chi connectivity index (χ1n) is 8.55. The van der Waals surface area contributed by atoms with Gasteiger partial charge in [0, 0.05) is 11.6 Å². The molecule has 1 aromatic carbocycles. The van der Waals surface area contributed by atoms with Crippen molar-refractivity contribution in [2.45, 2.75) is 58.0 Å². The van der Waals surface area contributed by atoms with Crippen molar-refractivity contribution in [1.29, 1.82) is 0 Å². The number of primary amides is 1. The maximum absolute atomic E-state index is 11.7. The van der Waals surface area contributed by atoms with Gasteiger partial charge < -0.3 is 10.5 Å². The molecule has 0 aromatic heterocycles. The van der Waals surface area contributed by atoms with Gasteiger partial charge in [-0.3, -0.25) is 4.79 Å². The number of carbonyl (C=O) groups is 2. The van der Waals surface area contributed by atoms with Gasteiger partial charge in [0.2, 0.25) is 5.91 Å². The van der Waals surface area contributed by atoms with E-state index in [1.54, 1.807) is 18.2 Å². The van der Waals surface area contributed by atoms with Gasteiger partial charge in [-0.1, -0.05) is 18.2 Å². The highest BCUT2D eigenvalue weighted by atomic mass is 16.6. The van der Waals surface area contributed by atoms with E-state index in [0.717, 1.165) is 25.7 Å². The van der Waals surface area contributed by atoms with E-state index >= 15 is 0 Å². The number of rotatable bonds is 4. The lowest BCUT2D eigenvalue weighted by molar-refractivity contribution is -0.148. The Morgan fingerprint density at radius 1 is 1.08 bits per heavy atom. The number of ether oxygens (including phenoxy) is 1. The van der Waals surface area contributed by atoms with Crippen molar-refractivity contribution < 1.29 is 14.3 Å². The average molecular weight is 329 g/mol. The van der Waals surface area contributed by atoms with Crippen LogP contribution in [0.15, 0.2) is 36.4 Å². The molecule has 130 valence electrons. The molecule has 1 amide bonds. The van der Waals surface area contributed by atoms with Gasteiger partial charge in [-0.25, -0.2) is 4.79 Å². The summed E-state index contributed by atoms with van der Waals surface area (Å²) < 4.78 is 5.29. The van der Waals surface area contributed by atoms with E-state index in [1.165, 1.54) is 5.56 Å². The minimum absolute atomic E-state index is 0.272. The lowest BCUT2D eigenvalue weighted by Gasteiger charge is -2.27. The molecule has 2 rings (SSSR count).